The minimum Gasteiger partial charge on any atom is -0.612 e. The third-order valence-electron chi connectivity index (χ3n) is 7.78. The van der Waals surface area contributed by atoms with Crippen molar-refractivity contribution in [3.8, 4) is 11.3 Å². The number of rotatable bonds is 8. The third kappa shape index (κ3) is 6.31. The number of nitrogens with one attached hydrogen (secondary N) is 2. The second kappa shape index (κ2) is 13.4. The van der Waals surface area contributed by atoms with Crippen LogP contribution in [0, 0.1) is 5.82 Å². The van der Waals surface area contributed by atoms with Gasteiger partial charge in [-0.05, 0) is 59.9 Å². The van der Waals surface area contributed by atoms with Gasteiger partial charge in [0.05, 0.1) is 22.3 Å². The van der Waals surface area contributed by atoms with E-state index in [-0.39, 0.29) is 40.0 Å². The summed E-state index contributed by atoms with van der Waals surface area (Å²) in [6, 6.07) is 9.89. The van der Waals surface area contributed by atoms with Gasteiger partial charge in [-0.2, -0.15) is 5.10 Å². The number of H-pyrrole nitrogens is 1. The summed E-state index contributed by atoms with van der Waals surface area (Å²) in [5, 5.41) is 10.5. The number of amides is 2. The maximum atomic E-state index is 16.3. The molecule has 2 unspecified atom stereocenters. The summed E-state index contributed by atoms with van der Waals surface area (Å²) in [4.78, 5) is 38.2. The number of pyridine rings is 1. The summed E-state index contributed by atoms with van der Waals surface area (Å²) in [6.45, 7) is 10.6. The van der Waals surface area contributed by atoms with E-state index in [9.17, 15) is 14.1 Å². The summed E-state index contributed by atoms with van der Waals surface area (Å²) in [5.41, 5.74) is 2.24. The zero-order valence-corrected chi connectivity index (χ0v) is 26.9. The van der Waals surface area contributed by atoms with Crippen LogP contribution in [0.15, 0.2) is 65.1 Å². The molecular formula is C32H33ClFN7O3S. The van der Waals surface area contributed by atoms with E-state index in [1.54, 1.807) is 35.6 Å². The predicted octanol–water partition coefficient (Wildman–Crippen LogP) is 5.64. The summed E-state index contributed by atoms with van der Waals surface area (Å²) in [5.74, 6) is -0.525. The van der Waals surface area contributed by atoms with Crippen molar-refractivity contribution in [2.45, 2.75) is 37.6 Å². The number of carbonyl (C=O) groups is 2. The Balaban J connectivity index is 1.77. The fourth-order valence-corrected chi connectivity index (χ4v) is 6.52. The molecule has 2 N–H and O–H groups in total. The highest BCUT2D eigenvalue weighted by Crippen LogP contribution is 2.38. The molecule has 0 saturated carbocycles. The molecule has 0 bridgehead atoms. The van der Waals surface area contributed by atoms with Gasteiger partial charge in [-0.1, -0.05) is 44.2 Å². The maximum absolute atomic E-state index is 16.3. The van der Waals surface area contributed by atoms with Crippen molar-refractivity contribution in [3.63, 3.8) is 0 Å². The summed E-state index contributed by atoms with van der Waals surface area (Å²) >= 11 is 5.15. The van der Waals surface area contributed by atoms with Crippen molar-refractivity contribution < 1.29 is 18.5 Å². The van der Waals surface area contributed by atoms with E-state index < -0.39 is 17.0 Å². The number of hydrogen-bond acceptors (Lipinski definition) is 6. The molecule has 2 aromatic carbocycles. The molecule has 0 radical (unpaired) electrons. The number of anilines is 1. The topological polar surface area (TPSA) is 130 Å². The van der Waals surface area contributed by atoms with E-state index in [4.69, 9.17) is 16.6 Å². The summed E-state index contributed by atoms with van der Waals surface area (Å²) in [7, 11) is 0. The second-order valence-electron chi connectivity index (χ2n) is 11.0. The van der Waals surface area contributed by atoms with Gasteiger partial charge in [0.1, 0.15) is 29.3 Å². The van der Waals surface area contributed by atoms with Crippen LogP contribution >= 0.6 is 11.6 Å². The van der Waals surface area contributed by atoms with Gasteiger partial charge in [0, 0.05) is 36.6 Å². The van der Waals surface area contributed by atoms with Crippen LogP contribution in [-0.4, -0.2) is 79.6 Å². The fraction of sp³-hybridized carbons (Fsp3) is 0.281. The number of para-hydroxylation sites is 1. The summed E-state index contributed by atoms with van der Waals surface area (Å²) in [6.07, 6.45) is 4.91. The number of benzene rings is 2. The minimum absolute atomic E-state index is 0.0230. The number of aromatic amines is 1. The molecule has 0 aliphatic carbocycles. The van der Waals surface area contributed by atoms with Crippen LogP contribution < -0.4 is 5.32 Å². The molecule has 4 aromatic rings. The van der Waals surface area contributed by atoms with E-state index in [1.807, 2.05) is 37.8 Å². The van der Waals surface area contributed by atoms with Crippen LogP contribution in [0.3, 0.4) is 0 Å². The van der Waals surface area contributed by atoms with Crippen molar-refractivity contribution in [1.82, 2.24) is 25.0 Å². The lowest BCUT2D eigenvalue weighted by Crippen LogP contribution is -2.55. The zero-order valence-electron chi connectivity index (χ0n) is 25.3. The van der Waals surface area contributed by atoms with Crippen LogP contribution in [0.25, 0.3) is 22.2 Å². The van der Waals surface area contributed by atoms with Gasteiger partial charge in [-0.15, -0.1) is 0 Å². The molecule has 5 rings (SSSR count). The molecule has 2 aromatic heterocycles. The number of halogens is 2. The van der Waals surface area contributed by atoms with Crippen molar-refractivity contribution in [2.24, 2.45) is 4.99 Å². The predicted molar refractivity (Wildman–Crippen MR) is 176 cm³/mol. The molecule has 1 fully saturated rings. The van der Waals surface area contributed by atoms with Crippen LogP contribution in [0.2, 0.25) is 5.02 Å². The molecule has 234 valence electrons. The van der Waals surface area contributed by atoms with Gasteiger partial charge in [-0.3, -0.25) is 14.7 Å². The first-order valence-corrected chi connectivity index (χ1v) is 16.2. The Morgan fingerprint density at radius 3 is 2.76 bits per heavy atom. The number of carbonyl (C=O) groups excluding carboxylic acids is 2. The number of amidine groups is 1. The number of nitrogens with zero attached hydrogens (tertiary/aromatic N) is 5. The lowest BCUT2D eigenvalue weighted by molar-refractivity contribution is -0.128. The van der Waals surface area contributed by atoms with Gasteiger partial charge >= 0.3 is 0 Å². The van der Waals surface area contributed by atoms with E-state index in [0.29, 0.717) is 58.9 Å². The average Bonchev–Trinajstić information content (AvgIpc) is 3.49. The first-order valence-electron chi connectivity index (χ1n) is 14.3. The van der Waals surface area contributed by atoms with Gasteiger partial charge < -0.3 is 19.7 Å². The van der Waals surface area contributed by atoms with Crippen molar-refractivity contribution in [1.29, 1.82) is 0 Å². The van der Waals surface area contributed by atoms with Crippen LogP contribution in [-0.2, 0) is 20.8 Å². The Labute approximate surface area is 268 Å². The highest BCUT2D eigenvalue weighted by atomic mass is 35.5. The van der Waals surface area contributed by atoms with Gasteiger partial charge in [-0.25, -0.2) is 14.4 Å². The van der Waals surface area contributed by atoms with E-state index >= 15 is 4.39 Å². The van der Waals surface area contributed by atoms with E-state index in [2.05, 4.69) is 27.1 Å². The smallest absolute Gasteiger partial charge is 0.246 e. The lowest BCUT2D eigenvalue weighted by atomic mass is 10.0. The number of aliphatic imine (C=N–C) groups is 1. The number of fused-ring (bicyclic) bond motifs is 1. The summed E-state index contributed by atoms with van der Waals surface area (Å²) < 4.78 is 29.2. The van der Waals surface area contributed by atoms with E-state index in [0.717, 1.165) is 5.56 Å². The van der Waals surface area contributed by atoms with Crippen LogP contribution in [0.5, 0.6) is 0 Å². The van der Waals surface area contributed by atoms with Crippen LogP contribution in [0.4, 0.5) is 15.9 Å². The quantitative estimate of drug-likeness (QED) is 0.0835. The Morgan fingerprint density at radius 1 is 1.31 bits per heavy atom. The van der Waals surface area contributed by atoms with Gasteiger partial charge in [0.25, 0.3) is 0 Å². The number of piperazine rings is 1. The number of aromatic nitrogens is 3. The Hall–Kier alpha value is -4.26. The standard InChI is InChI=1S/C32H33ClFN7O3S/c1-6-26(43)40-12-13-41(19(4)16-40)32(38-29-21(18(2)3)8-7-9-25(29)45(5)44)22-14-24(34)30(37-31(22)35-17-42)27-23(33)11-10-20-15-36-39-28(20)27/h6-11,14-15,17-19H,1,12-13,16H2,2-5H3,(H,36,39)(H,35,37,42)/b38-32+. The molecular weight excluding hydrogens is 617 g/mol. The molecule has 0 spiro atoms. The molecule has 1 aliphatic rings. The third-order valence-corrected chi connectivity index (χ3v) is 9.05. The lowest BCUT2D eigenvalue weighted by Gasteiger charge is -2.41. The number of hydrogen-bond donors (Lipinski definition) is 2. The maximum Gasteiger partial charge on any atom is 0.246 e. The zero-order chi connectivity index (χ0) is 32.4. The van der Waals surface area contributed by atoms with Crippen molar-refractivity contribution >= 4 is 63.3 Å². The molecule has 3 heterocycles. The molecule has 13 heteroatoms. The fourth-order valence-electron chi connectivity index (χ4n) is 5.56. The second-order valence-corrected chi connectivity index (χ2v) is 12.8. The largest absolute Gasteiger partial charge is 0.612 e. The van der Waals surface area contributed by atoms with Gasteiger partial charge in [0.2, 0.25) is 12.3 Å². The van der Waals surface area contributed by atoms with Crippen LogP contribution in [0.1, 0.15) is 37.8 Å². The molecule has 1 saturated heterocycles. The molecule has 1 aliphatic heterocycles. The first kappa shape index (κ1) is 32.1. The Kier molecular flexibility index (Phi) is 9.56. The molecule has 2 amide bonds. The minimum atomic E-state index is -1.40. The molecule has 10 nitrogen and oxygen atoms in total. The highest BCUT2D eigenvalue weighted by molar-refractivity contribution is 7.90. The SMILES string of the molecule is C=CC(=O)N1CCN(/C(=N/c2c(C(C)C)cccc2[S+](C)[O-])c2cc(F)c(-c3c(Cl)ccc4cn[nH]c34)nc2NC=O)C(C)C1. The normalized spacial score (nSPS) is 16.3. The Bertz CT molecular complexity index is 1780. The van der Waals surface area contributed by atoms with Gasteiger partial charge in [0.15, 0.2) is 10.7 Å². The average molecular weight is 650 g/mol. The molecule has 2 atom stereocenters. The van der Waals surface area contributed by atoms with Crippen molar-refractivity contribution in [2.75, 3.05) is 31.2 Å². The first-order chi connectivity index (χ1) is 21.5. The monoisotopic (exact) mass is 649 g/mol. The molecule has 45 heavy (non-hydrogen) atoms. The van der Waals surface area contributed by atoms with Crippen molar-refractivity contribution in [3.05, 3.63) is 77.2 Å². The van der Waals surface area contributed by atoms with E-state index in [1.165, 1.54) is 12.1 Å². The Morgan fingerprint density at radius 2 is 2.09 bits per heavy atom. The highest BCUT2D eigenvalue weighted by Gasteiger charge is 2.32.